The fourth-order valence-corrected chi connectivity index (χ4v) is 1.98. The number of aliphatic hydroxyl groups excluding tert-OH is 1. The van der Waals surface area contributed by atoms with Gasteiger partial charge in [0.1, 0.15) is 5.76 Å². The fourth-order valence-electron chi connectivity index (χ4n) is 1.84. The Bertz CT molecular complexity index is 509. The molecular weight excluding hydrogens is 232 g/mol. The molecule has 17 heavy (non-hydrogen) atoms. The zero-order chi connectivity index (χ0) is 12.3. The number of hydrogen-bond acceptors (Lipinski definition) is 1. The highest BCUT2D eigenvalue weighted by atomic mass is 35.5. The third kappa shape index (κ3) is 2.80. The monoisotopic (exact) mass is 246 g/mol. The molecule has 88 valence electrons. The van der Waals surface area contributed by atoms with E-state index in [1.807, 2.05) is 12.2 Å². The summed E-state index contributed by atoms with van der Waals surface area (Å²) in [6, 6.07) is 8.46. The van der Waals surface area contributed by atoms with Crippen molar-refractivity contribution in [3.8, 4) is 0 Å². The molecular formula is C15H15ClO. The summed E-state index contributed by atoms with van der Waals surface area (Å²) in [6.45, 7) is 2.14. The van der Waals surface area contributed by atoms with E-state index >= 15 is 0 Å². The largest absolute Gasteiger partial charge is 0.506 e. The number of hydrogen-bond donors (Lipinski definition) is 1. The van der Waals surface area contributed by atoms with Crippen molar-refractivity contribution in [2.75, 3.05) is 0 Å². The van der Waals surface area contributed by atoms with Crippen LogP contribution in [0.3, 0.4) is 0 Å². The fraction of sp³-hybridized carbons (Fsp3) is 0.200. The van der Waals surface area contributed by atoms with Crippen molar-refractivity contribution >= 4 is 17.2 Å². The SMILES string of the molecule is CCc1cccc(C2=CC=C(O)C(Cl)=CC2)c1. The molecule has 1 aromatic rings. The summed E-state index contributed by atoms with van der Waals surface area (Å²) in [7, 11) is 0. The first-order valence-corrected chi connectivity index (χ1v) is 6.13. The average molecular weight is 247 g/mol. The normalized spacial score (nSPS) is 15.8. The molecule has 0 bridgehead atoms. The summed E-state index contributed by atoms with van der Waals surface area (Å²) in [5.41, 5.74) is 3.68. The maximum absolute atomic E-state index is 9.54. The van der Waals surface area contributed by atoms with Gasteiger partial charge in [-0.1, -0.05) is 54.9 Å². The molecule has 0 heterocycles. The van der Waals surface area contributed by atoms with Crippen molar-refractivity contribution in [2.45, 2.75) is 19.8 Å². The van der Waals surface area contributed by atoms with E-state index in [0.717, 1.165) is 12.8 Å². The van der Waals surface area contributed by atoms with Gasteiger partial charge < -0.3 is 5.11 Å². The first-order valence-electron chi connectivity index (χ1n) is 5.76. The van der Waals surface area contributed by atoms with Crippen LogP contribution in [0.4, 0.5) is 0 Å². The van der Waals surface area contributed by atoms with Crippen LogP contribution in [-0.2, 0) is 6.42 Å². The molecule has 1 nitrogen and oxygen atoms in total. The average Bonchev–Trinajstić information content (AvgIpc) is 2.53. The standard InChI is InChI=1S/C15H15ClO/c1-2-11-4-3-5-13(10-11)12-6-8-14(16)15(17)9-7-12/h3-5,7-10,17H,2,6H2,1H3. The molecule has 0 saturated carbocycles. The van der Waals surface area contributed by atoms with Gasteiger partial charge >= 0.3 is 0 Å². The maximum atomic E-state index is 9.54. The second kappa shape index (κ2) is 5.24. The van der Waals surface area contributed by atoms with Crippen molar-refractivity contribution in [1.29, 1.82) is 0 Å². The number of aliphatic hydroxyl groups is 1. The minimum Gasteiger partial charge on any atom is -0.506 e. The maximum Gasteiger partial charge on any atom is 0.133 e. The Morgan fingerprint density at radius 3 is 2.88 bits per heavy atom. The van der Waals surface area contributed by atoms with Gasteiger partial charge in [0.15, 0.2) is 0 Å². The van der Waals surface area contributed by atoms with Crippen molar-refractivity contribution in [3.63, 3.8) is 0 Å². The quantitative estimate of drug-likeness (QED) is 0.809. The van der Waals surface area contributed by atoms with Crippen LogP contribution in [0.15, 0.2) is 53.3 Å². The Morgan fingerprint density at radius 2 is 2.12 bits per heavy atom. The number of allylic oxidation sites excluding steroid dienone is 5. The molecule has 0 aliphatic heterocycles. The van der Waals surface area contributed by atoms with Crippen molar-refractivity contribution in [3.05, 3.63) is 64.4 Å². The molecule has 2 rings (SSSR count). The van der Waals surface area contributed by atoms with Crippen molar-refractivity contribution in [1.82, 2.24) is 0 Å². The molecule has 0 atom stereocenters. The Morgan fingerprint density at radius 1 is 1.29 bits per heavy atom. The molecule has 1 aromatic carbocycles. The van der Waals surface area contributed by atoms with Gasteiger partial charge in [-0.05, 0) is 35.6 Å². The van der Waals surface area contributed by atoms with Crippen LogP contribution in [-0.4, -0.2) is 5.11 Å². The first kappa shape index (κ1) is 12.0. The minimum atomic E-state index is 0.133. The van der Waals surface area contributed by atoms with Gasteiger partial charge in [0, 0.05) is 0 Å². The van der Waals surface area contributed by atoms with E-state index < -0.39 is 0 Å². The number of aryl methyl sites for hydroxylation is 1. The number of benzene rings is 1. The predicted octanol–water partition coefficient (Wildman–Crippen LogP) is 4.60. The number of rotatable bonds is 2. The molecule has 1 N–H and O–H groups in total. The summed E-state index contributed by atoms with van der Waals surface area (Å²) in [5, 5.41) is 9.96. The lowest BCUT2D eigenvalue weighted by molar-refractivity contribution is 0.429. The van der Waals surface area contributed by atoms with Gasteiger partial charge in [0.25, 0.3) is 0 Å². The Hall–Kier alpha value is -1.47. The van der Waals surface area contributed by atoms with E-state index in [0.29, 0.717) is 5.03 Å². The first-order chi connectivity index (χ1) is 8.20. The smallest absolute Gasteiger partial charge is 0.133 e. The zero-order valence-corrected chi connectivity index (χ0v) is 10.5. The van der Waals surface area contributed by atoms with E-state index in [1.54, 1.807) is 6.08 Å². The second-order valence-electron chi connectivity index (χ2n) is 4.05. The molecule has 0 radical (unpaired) electrons. The van der Waals surface area contributed by atoms with Gasteiger partial charge in [-0.2, -0.15) is 0 Å². The molecule has 0 saturated heterocycles. The van der Waals surface area contributed by atoms with Gasteiger partial charge in [0.05, 0.1) is 5.03 Å². The Balaban J connectivity index is 2.35. The third-order valence-corrected chi connectivity index (χ3v) is 3.24. The second-order valence-corrected chi connectivity index (χ2v) is 4.46. The van der Waals surface area contributed by atoms with E-state index in [9.17, 15) is 5.11 Å². The molecule has 0 spiro atoms. The van der Waals surface area contributed by atoms with Crippen LogP contribution in [0.25, 0.3) is 5.57 Å². The zero-order valence-electron chi connectivity index (χ0n) is 9.78. The molecule has 2 heteroatoms. The van der Waals surface area contributed by atoms with Crippen LogP contribution in [0, 0.1) is 0 Å². The van der Waals surface area contributed by atoms with E-state index in [1.165, 1.54) is 16.7 Å². The number of halogens is 1. The molecule has 0 aromatic heterocycles. The molecule has 0 amide bonds. The van der Waals surface area contributed by atoms with E-state index in [2.05, 4.69) is 31.2 Å². The summed E-state index contributed by atoms with van der Waals surface area (Å²) < 4.78 is 0. The topological polar surface area (TPSA) is 20.2 Å². The highest BCUT2D eigenvalue weighted by Gasteiger charge is 2.06. The Labute approximate surface area is 107 Å². The van der Waals surface area contributed by atoms with Gasteiger partial charge in [-0.15, -0.1) is 0 Å². The highest BCUT2D eigenvalue weighted by Crippen LogP contribution is 2.26. The highest BCUT2D eigenvalue weighted by molar-refractivity contribution is 6.31. The van der Waals surface area contributed by atoms with E-state index in [-0.39, 0.29) is 5.76 Å². The van der Waals surface area contributed by atoms with Crippen LogP contribution in [0.1, 0.15) is 24.5 Å². The van der Waals surface area contributed by atoms with Crippen molar-refractivity contribution in [2.24, 2.45) is 0 Å². The van der Waals surface area contributed by atoms with Crippen LogP contribution >= 0.6 is 11.6 Å². The summed E-state index contributed by atoms with van der Waals surface area (Å²) in [5.74, 6) is 0.133. The third-order valence-electron chi connectivity index (χ3n) is 2.89. The van der Waals surface area contributed by atoms with Crippen LogP contribution < -0.4 is 0 Å². The molecule has 1 aliphatic carbocycles. The van der Waals surface area contributed by atoms with Gasteiger partial charge in [0.2, 0.25) is 0 Å². The van der Waals surface area contributed by atoms with Gasteiger partial charge in [-0.25, -0.2) is 0 Å². The summed E-state index contributed by atoms with van der Waals surface area (Å²) in [4.78, 5) is 0. The molecule has 0 fully saturated rings. The minimum absolute atomic E-state index is 0.133. The lowest BCUT2D eigenvalue weighted by atomic mass is 10.00. The molecule has 0 unspecified atom stereocenters. The summed E-state index contributed by atoms with van der Waals surface area (Å²) >= 11 is 5.89. The van der Waals surface area contributed by atoms with Crippen LogP contribution in [0.2, 0.25) is 0 Å². The lowest BCUT2D eigenvalue weighted by Crippen LogP contribution is -1.86. The molecule has 1 aliphatic rings. The van der Waals surface area contributed by atoms with E-state index in [4.69, 9.17) is 11.6 Å². The van der Waals surface area contributed by atoms with Crippen molar-refractivity contribution < 1.29 is 5.11 Å². The van der Waals surface area contributed by atoms with Gasteiger partial charge in [-0.3, -0.25) is 0 Å². The predicted molar refractivity (Wildman–Crippen MR) is 73.1 cm³/mol. The van der Waals surface area contributed by atoms with Crippen LogP contribution in [0.5, 0.6) is 0 Å². The lowest BCUT2D eigenvalue weighted by Gasteiger charge is -2.06. The Kier molecular flexibility index (Phi) is 3.70. The summed E-state index contributed by atoms with van der Waals surface area (Å²) in [6.07, 6.45) is 7.19.